The molecule has 8 heteroatoms. The van der Waals surface area contributed by atoms with Crippen LogP contribution in [0.4, 0.5) is 10.1 Å². The van der Waals surface area contributed by atoms with Gasteiger partial charge in [-0.15, -0.1) is 0 Å². The van der Waals surface area contributed by atoms with E-state index in [0.29, 0.717) is 12.1 Å². The highest BCUT2D eigenvalue weighted by molar-refractivity contribution is 5.34. The Bertz CT molecular complexity index is 474. The van der Waals surface area contributed by atoms with Crippen molar-refractivity contribution in [3.8, 4) is 0 Å². The molecule has 0 heterocycles. The predicted molar refractivity (Wildman–Crippen MR) is 71.9 cm³/mol. The number of hydrogen-bond acceptors (Lipinski definition) is 6. The number of nitro groups is 1. The van der Waals surface area contributed by atoms with Crippen LogP contribution >= 0.6 is 0 Å². The maximum atomic E-state index is 12.5. The fraction of sp³-hybridized carbons (Fsp3) is 0.333. The molecule has 1 rings (SSSR count). The van der Waals surface area contributed by atoms with Crippen LogP contribution in [-0.2, 0) is 6.42 Å². The Hall–Kier alpha value is -2.19. The van der Waals surface area contributed by atoms with Crippen molar-refractivity contribution >= 4 is 5.69 Å². The topological polar surface area (TPSA) is 119 Å². The van der Waals surface area contributed by atoms with Crippen LogP contribution in [0.25, 0.3) is 0 Å². The summed E-state index contributed by atoms with van der Waals surface area (Å²) in [6.45, 7) is -1.22. The lowest BCUT2D eigenvalue weighted by Gasteiger charge is -2.22. The third kappa shape index (κ3) is 4.48. The summed E-state index contributed by atoms with van der Waals surface area (Å²) in [6.07, 6.45) is 1.65. The van der Waals surface area contributed by atoms with Gasteiger partial charge in [-0.1, -0.05) is 12.1 Å². The van der Waals surface area contributed by atoms with Crippen LogP contribution in [0.5, 0.6) is 0 Å². The number of non-ortho nitro benzene ring substituents is 1. The number of hydrogen-bond donors (Lipinski definition) is 3. The van der Waals surface area contributed by atoms with Crippen molar-refractivity contribution < 1.29 is 14.4 Å². The summed E-state index contributed by atoms with van der Waals surface area (Å²) in [6, 6.07) is 5.07. The van der Waals surface area contributed by atoms with Gasteiger partial charge >= 0.3 is 0 Å². The minimum atomic E-state index is -0.842. The minimum absolute atomic E-state index is 0.00507. The van der Waals surface area contributed by atoms with Crippen molar-refractivity contribution in [1.29, 1.82) is 0 Å². The third-order valence-corrected chi connectivity index (χ3v) is 2.68. The number of nitrogens with two attached hydrogens (primary N) is 2. The van der Waals surface area contributed by atoms with Gasteiger partial charge in [0, 0.05) is 30.5 Å². The molecule has 7 nitrogen and oxygen atoms in total. The van der Waals surface area contributed by atoms with E-state index in [9.17, 15) is 14.5 Å². The van der Waals surface area contributed by atoms with Crippen molar-refractivity contribution in [2.45, 2.75) is 12.5 Å². The SMILES string of the molecule is N/C(=C\N(N)C(CO)CF)Cc1ccc([N+](=O)[O-])cc1. The first kappa shape index (κ1) is 15.9. The average molecular weight is 284 g/mol. The van der Waals surface area contributed by atoms with Crippen molar-refractivity contribution in [3.63, 3.8) is 0 Å². The molecule has 0 bridgehead atoms. The number of aliphatic hydroxyl groups excluding tert-OH is 1. The molecule has 0 amide bonds. The normalized spacial score (nSPS) is 13.1. The molecule has 0 aliphatic carbocycles. The molecule has 110 valence electrons. The van der Waals surface area contributed by atoms with Gasteiger partial charge in [0.2, 0.25) is 0 Å². The van der Waals surface area contributed by atoms with Crippen molar-refractivity contribution in [2.24, 2.45) is 11.6 Å². The van der Waals surface area contributed by atoms with Gasteiger partial charge < -0.3 is 15.8 Å². The smallest absolute Gasteiger partial charge is 0.269 e. The van der Waals surface area contributed by atoms with E-state index in [1.807, 2.05) is 0 Å². The molecule has 5 N–H and O–H groups in total. The Morgan fingerprint density at radius 2 is 2.10 bits per heavy atom. The second-order valence-corrected chi connectivity index (χ2v) is 4.24. The first-order chi connectivity index (χ1) is 9.47. The van der Waals surface area contributed by atoms with Crippen molar-refractivity contribution in [2.75, 3.05) is 13.3 Å². The fourth-order valence-corrected chi connectivity index (χ4v) is 1.54. The molecule has 0 saturated heterocycles. The van der Waals surface area contributed by atoms with E-state index in [2.05, 4.69) is 0 Å². The molecule has 0 fully saturated rings. The van der Waals surface area contributed by atoms with Gasteiger partial charge in [0.15, 0.2) is 0 Å². The molecule has 0 radical (unpaired) electrons. The van der Waals surface area contributed by atoms with Crippen LogP contribution in [0.1, 0.15) is 5.56 Å². The molecule has 0 aliphatic heterocycles. The lowest BCUT2D eigenvalue weighted by molar-refractivity contribution is -0.384. The summed E-state index contributed by atoms with van der Waals surface area (Å²) in [7, 11) is 0. The highest BCUT2D eigenvalue weighted by atomic mass is 19.1. The lowest BCUT2D eigenvalue weighted by atomic mass is 10.1. The molecule has 1 aromatic carbocycles. The van der Waals surface area contributed by atoms with Gasteiger partial charge in [-0.05, 0) is 5.56 Å². The number of nitro benzene ring substituents is 1. The number of rotatable bonds is 7. The Morgan fingerprint density at radius 1 is 1.50 bits per heavy atom. The van der Waals surface area contributed by atoms with Gasteiger partial charge in [0.25, 0.3) is 5.69 Å². The maximum absolute atomic E-state index is 12.5. The van der Waals surface area contributed by atoms with E-state index in [1.54, 1.807) is 12.1 Å². The Labute approximate surface area is 115 Å². The van der Waals surface area contributed by atoms with E-state index in [-0.39, 0.29) is 5.69 Å². The summed E-state index contributed by atoms with van der Waals surface area (Å²) >= 11 is 0. The highest BCUT2D eigenvalue weighted by Crippen LogP contribution is 2.13. The second-order valence-electron chi connectivity index (χ2n) is 4.24. The zero-order valence-electron chi connectivity index (χ0n) is 10.8. The number of nitrogens with zero attached hydrogens (tertiary/aromatic N) is 2. The van der Waals surface area contributed by atoms with E-state index in [1.165, 1.54) is 18.3 Å². The first-order valence-corrected chi connectivity index (χ1v) is 5.87. The summed E-state index contributed by atoms with van der Waals surface area (Å²) in [5, 5.41) is 20.4. The summed E-state index contributed by atoms with van der Waals surface area (Å²) in [4.78, 5) is 10.0. The Kier molecular flexibility index (Phi) is 5.88. The molecule has 0 saturated carbocycles. The van der Waals surface area contributed by atoms with Gasteiger partial charge in [0.05, 0.1) is 17.6 Å². The zero-order valence-corrected chi connectivity index (χ0v) is 10.8. The van der Waals surface area contributed by atoms with Crippen LogP contribution < -0.4 is 11.6 Å². The Morgan fingerprint density at radius 3 is 2.55 bits per heavy atom. The zero-order chi connectivity index (χ0) is 15.1. The van der Waals surface area contributed by atoms with E-state index < -0.39 is 24.2 Å². The minimum Gasteiger partial charge on any atom is -0.401 e. The maximum Gasteiger partial charge on any atom is 0.269 e. The molecular weight excluding hydrogens is 267 g/mol. The second kappa shape index (κ2) is 7.41. The van der Waals surface area contributed by atoms with Crippen LogP contribution in [-0.4, -0.2) is 34.4 Å². The van der Waals surface area contributed by atoms with E-state index >= 15 is 0 Å². The number of aliphatic hydroxyl groups is 1. The van der Waals surface area contributed by atoms with Crippen molar-refractivity contribution in [1.82, 2.24) is 5.01 Å². The standard InChI is InChI=1S/C12H17FN4O3/c13-6-12(8-18)16(15)7-10(14)5-9-1-3-11(4-2-9)17(19)20/h1-4,7,12,18H,5-6,8,14-15H2/b10-7-. The van der Waals surface area contributed by atoms with E-state index in [4.69, 9.17) is 16.7 Å². The average Bonchev–Trinajstić information content (AvgIpc) is 2.40. The van der Waals surface area contributed by atoms with Crippen LogP contribution in [0.2, 0.25) is 0 Å². The number of halogens is 1. The summed E-state index contributed by atoms with van der Waals surface area (Å²) in [5.74, 6) is 5.55. The molecule has 0 spiro atoms. The van der Waals surface area contributed by atoms with Gasteiger partial charge in [-0.2, -0.15) is 0 Å². The molecule has 1 unspecified atom stereocenters. The number of alkyl halides is 1. The molecular formula is C12H17FN4O3. The van der Waals surface area contributed by atoms with Crippen LogP contribution in [0, 0.1) is 10.1 Å². The number of benzene rings is 1. The molecule has 1 aromatic rings. The predicted octanol–water partition coefficient (Wildman–Crippen LogP) is 0.444. The fourth-order valence-electron chi connectivity index (χ4n) is 1.54. The quantitative estimate of drug-likeness (QED) is 0.380. The Balaban J connectivity index is 2.69. The van der Waals surface area contributed by atoms with Crippen molar-refractivity contribution in [3.05, 3.63) is 51.8 Å². The molecule has 0 aromatic heterocycles. The summed E-state index contributed by atoms with van der Waals surface area (Å²) in [5.41, 5.74) is 6.87. The molecule has 20 heavy (non-hydrogen) atoms. The van der Waals surface area contributed by atoms with Gasteiger partial charge in [-0.3, -0.25) is 10.1 Å². The summed E-state index contributed by atoms with van der Waals surface area (Å²) < 4.78 is 12.5. The number of hydrazine groups is 1. The highest BCUT2D eigenvalue weighted by Gasteiger charge is 2.11. The first-order valence-electron chi connectivity index (χ1n) is 5.87. The van der Waals surface area contributed by atoms with Gasteiger partial charge in [0.1, 0.15) is 6.67 Å². The molecule has 0 aliphatic rings. The largest absolute Gasteiger partial charge is 0.401 e. The third-order valence-electron chi connectivity index (χ3n) is 2.68. The van der Waals surface area contributed by atoms with E-state index in [0.717, 1.165) is 10.6 Å². The molecule has 1 atom stereocenters. The van der Waals surface area contributed by atoms with Crippen LogP contribution in [0.15, 0.2) is 36.2 Å². The number of allylic oxidation sites excluding steroid dienone is 1. The van der Waals surface area contributed by atoms with Gasteiger partial charge in [-0.25, -0.2) is 10.2 Å². The van der Waals surface area contributed by atoms with Crippen LogP contribution in [0.3, 0.4) is 0 Å². The monoisotopic (exact) mass is 284 g/mol. The lowest BCUT2D eigenvalue weighted by Crippen LogP contribution is -2.41.